The van der Waals surface area contributed by atoms with E-state index in [0.29, 0.717) is 17.9 Å². The highest BCUT2D eigenvalue weighted by Crippen LogP contribution is 2.34. The van der Waals surface area contributed by atoms with Crippen LogP contribution in [0.2, 0.25) is 0 Å². The molecule has 9 heteroatoms. The first-order valence-electron chi connectivity index (χ1n) is 13.5. The summed E-state index contributed by atoms with van der Waals surface area (Å²) in [4.78, 5) is 46.0. The van der Waals surface area contributed by atoms with Crippen molar-refractivity contribution in [3.63, 3.8) is 0 Å². The fraction of sp³-hybridized carbons (Fsp3) is 0.188. The van der Waals surface area contributed by atoms with Crippen molar-refractivity contribution in [2.45, 2.75) is 19.3 Å². The van der Waals surface area contributed by atoms with E-state index in [4.69, 9.17) is 4.74 Å². The summed E-state index contributed by atoms with van der Waals surface area (Å²) in [7, 11) is 1.62. The van der Waals surface area contributed by atoms with Crippen LogP contribution in [-0.4, -0.2) is 53.0 Å². The van der Waals surface area contributed by atoms with E-state index in [1.54, 1.807) is 24.1 Å². The Morgan fingerprint density at radius 3 is 2.59 bits per heavy atom. The molecule has 2 aliphatic rings. The van der Waals surface area contributed by atoms with E-state index in [2.05, 4.69) is 10.2 Å². The van der Waals surface area contributed by atoms with Crippen LogP contribution in [0.1, 0.15) is 24.1 Å². The summed E-state index contributed by atoms with van der Waals surface area (Å²) >= 11 is 0. The number of para-hydroxylation sites is 2. The molecular formula is C32H29N5O4. The van der Waals surface area contributed by atoms with Gasteiger partial charge < -0.3 is 14.5 Å². The Kier molecular flexibility index (Phi) is 7.08. The van der Waals surface area contributed by atoms with Gasteiger partial charge in [0.25, 0.3) is 11.8 Å². The number of fused-ring (bicyclic) bond motifs is 2. The second-order valence-corrected chi connectivity index (χ2v) is 9.91. The molecule has 0 spiro atoms. The normalized spacial score (nSPS) is 16.6. The number of aromatic amines is 1. The van der Waals surface area contributed by atoms with Gasteiger partial charge in [-0.15, -0.1) is 0 Å². The molecule has 3 heterocycles. The number of ether oxygens (including phenoxy) is 1. The van der Waals surface area contributed by atoms with Crippen LogP contribution in [0.5, 0.6) is 5.75 Å². The van der Waals surface area contributed by atoms with Gasteiger partial charge in [-0.25, -0.2) is 0 Å². The summed E-state index contributed by atoms with van der Waals surface area (Å²) in [5.41, 5.74) is 3.52. The van der Waals surface area contributed by atoms with E-state index < -0.39 is 11.8 Å². The first-order chi connectivity index (χ1) is 20.0. The number of aromatic nitrogens is 2. The van der Waals surface area contributed by atoms with Crippen LogP contribution in [0.15, 0.2) is 90.8 Å². The van der Waals surface area contributed by atoms with Gasteiger partial charge in [0, 0.05) is 35.6 Å². The third-order valence-electron chi connectivity index (χ3n) is 7.44. The highest BCUT2D eigenvalue weighted by Gasteiger charge is 2.33. The fourth-order valence-corrected chi connectivity index (χ4v) is 5.36. The van der Waals surface area contributed by atoms with Gasteiger partial charge in [0.1, 0.15) is 17.9 Å². The third kappa shape index (κ3) is 4.98. The number of hydrogen-bond donors (Lipinski definition) is 1. The molecule has 3 amide bonds. The Bertz CT molecular complexity index is 1690. The summed E-state index contributed by atoms with van der Waals surface area (Å²) in [5, 5.41) is 8.07. The van der Waals surface area contributed by atoms with Crippen molar-refractivity contribution in [1.82, 2.24) is 15.1 Å². The van der Waals surface area contributed by atoms with Crippen LogP contribution in [0.25, 0.3) is 17.0 Å². The number of carbonyl (C=O) groups excluding carboxylic acids is 3. The molecule has 0 unspecified atom stereocenters. The van der Waals surface area contributed by atoms with Gasteiger partial charge >= 0.3 is 0 Å². The van der Waals surface area contributed by atoms with E-state index in [0.717, 1.165) is 47.2 Å². The molecule has 206 valence electrons. The molecule has 4 aromatic rings. The smallest absolute Gasteiger partial charge is 0.268 e. The quantitative estimate of drug-likeness (QED) is 0.289. The summed E-state index contributed by atoms with van der Waals surface area (Å²) in [6.07, 6.45) is 7.08. The van der Waals surface area contributed by atoms with Crippen LogP contribution < -0.4 is 14.5 Å². The molecule has 2 aliphatic heterocycles. The van der Waals surface area contributed by atoms with Crippen molar-refractivity contribution in [2.75, 3.05) is 30.0 Å². The molecular weight excluding hydrogens is 518 g/mol. The molecule has 41 heavy (non-hydrogen) atoms. The molecule has 0 fully saturated rings. The second kappa shape index (κ2) is 11.1. The lowest BCUT2D eigenvalue weighted by Gasteiger charge is -2.26. The highest BCUT2D eigenvalue weighted by molar-refractivity contribution is 6.28. The van der Waals surface area contributed by atoms with E-state index in [9.17, 15) is 14.4 Å². The Morgan fingerprint density at radius 2 is 1.76 bits per heavy atom. The second-order valence-electron chi connectivity index (χ2n) is 9.91. The lowest BCUT2D eigenvalue weighted by atomic mass is 10.1. The summed E-state index contributed by atoms with van der Waals surface area (Å²) in [6, 6.07) is 22.2. The van der Waals surface area contributed by atoms with Gasteiger partial charge in [-0.1, -0.05) is 42.5 Å². The molecule has 9 nitrogen and oxygen atoms in total. The fourth-order valence-electron chi connectivity index (χ4n) is 5.36. The third-order valence-corrected chi connectivity index (χ3v) is 7.44. The number of hydrogen-bond acceptors (Lipinski definition) is 5. The number of nitrogens with zero attached hydrogens (tertiary/aromatic N) is 4. The van der Waals surface area contributed by atoms with Crippen molar-refractivity contribution >= 4 is 46.1 Å². The molecule has 1 N–H and O–H groups in total. The van der Waals surface area contributed by atoms with Crippen LogP contribution in [0.3, 0.4) is 0 Å². The average Bonchev–Trinajstić information content (AvgIpc) is 3.22. The number of rotatable bonds is 5. The Balaban J connectivity index is 1.38. The predicted molar refractivity (Wildman–Crippen MR) is 157 cm³/mol. The van der Waals surface area contributed by atoms with Crippen molar-refractivity contribution < 1.29 is 19.1 Å². The van der Waals surface area contributed by atoms with Crippen molar-refractivity contribution in [3.05, 3.63) is 102 Å². The molecule has 0 saturated heterocycles. The van der Waals surface area contributed by atoms with E-state index >= 15 is 0 Å². The van der Waals surface area contributed by atoms with Gasteiger partial charge in [0.2, 0.25) is 5.91 Å². The highest BCUT2D eigenvalue weighted by atomic mass is 16.5. The van der Waals surface area contributed by atoms with Gasteiger partial charge in [-0.05, 0) is 55.7 Å². The first-order valence-corrected chi connectivity index (χ1v) is 13.5. The molecule has 6 rings (SSSR count). The topological polar surface area (TPSA) is 98.8 Å². The zero-order valence-electron chi connectivity index (χ0n) is 22.6. The number of nitrogens with one attached hydrogen (secondary N) is 1. The Hall–Kier alpha value is -5.18. The maximum absolute atomic E-state index is 14.0. The van der Waals surface area contributed by atoms with Crippen LogP contribution >= 0.6 is 0 Å². The molecule has 3 aromatic carbocycles. The predicted octanol–water partition coefficient (Wildman–Crippen LogP) is 4.67. The molecule has 1 aromatic heterocycles. The van der Waals surface area contributed by atoms with Gasteiger partial charge in [-0.3, -0.25) is 24.4 Å². The standard InChI is InChI=1S/C32H29N5O4/c1-41-29-16-9-15-28-24(29)13-7-8-17-37(28)30(38)21-35-18-19-36(22-10-3-2-4-11-22)32(40)25(31(35)39)20-27-23-12-5-6-14-26(23)33-34-27/h2-6,9-12,14-16,18-20H,7-8,13,17,21H2,1H3,(H,33,34). The van der Waals surface area contributed by atoms with Crippen LogP contribution in [-0.2, 0) is 20.8 Å². The van der Waals surface area contributed by atoms with Crippen molar-refractivity contribution in [3.8, 4) is 5.75 Å². The minimum atomic E-state index is -0.578. The Morgan fingerprint density at radius 1 is 0.951 bits per heavy atom. The van der Waals surface area contributed by atoms with E-state index in [1.807, 2.05) is 60.7 Å². The van der Waals surface area contributed by atoms with Gasteiger partial charge in [0.05, 0.1) is 24.0 Å². The number of anilines is 2. The van der Waals surface area contributed by atoms with Gasteiger partial charge in [-0.2, -0.15) is 5.10 Å². The van der Waals surface area contributed by atoms with Gasteiger partial charge in [0.15, 0.2) is 0 Å². The van der Waals surface area contributed by atoms with Crippen molar-refractivity contribution in [2.24, 2.45) is 0 Å². The molecule has 0 atom stereocenters. The molecule has 0 saturated carbocycles. The molecule has 0 bridgehead atoms. The average molecular weight is 548 g/mol. The minimum Gasteiger partial charge on any atom is -0.496 e. The van der Waals surface area contributed by atoms with Crippen LogP contribution in [0.4, 0.5) is 11.4 Å². The zero-order chi connectivity index (χ0) is 28.3. The van der Waals surface area contributed by atoms with Crippen molar-refractivity contribution in [1.29, 1.82) is 0 Å². The number of benzene rings is 3. The molecule has 0 aliphatic carbocycles. The van der Waals surface area contributed by atoms with E-state index in [1.165, 1.54) is 28.3 Å². The lowest BCUT2D eigenvalue weighted by molar-refractivity contribution is -0.131. The molecule has 0 radical (unpaired) electrons. The summed E-state index contributed by atoms with van der Waals surface area (Å²) < 4.78 is 5.57. The summed E-state index contributed by atoms with van der Waals surface area (Å²) in [6.45, 7) is 0.294. The monoisotopic (exact) mass is 547 g/mol. The summed E-state index contributed by atoms with van der Waals surface area (Å²) in [5.74, 6) is -0.590. The number of methoxy groups -OCH3 is 1. The maximum atomic E-state index is 14.0. The maximum Gasteiger partial charge on any atom is 0.268 e. The van der Waals surface area contributed by atoms with Crippen LogP contribution in [0, 0.1) is 0 Å². The minimum absolute atomic E-state index is 0.0955. The largest absolute Gasteiger partial charge is 0.496 e. The Labute approximate surface area is 237 Å². The first kappa shape index (κ1) is 26.1. The lowest BCUT2D eigenvalue weighted by Crippen LogP contribution is -2.42. The SMILES string of the molecule is COc1cccc2c1CCCCN2C(=O)CN1C=CN(c2ccccc2)C(=O)C(=Cc2n[nH]c3ccccc23)C1=O. The number of carbonyl (C=O) groups is 3. The number of amides is 3. The van der Waals surface area contributed by atoms with E-state index in [-0.39, 0.29) is 18.0 Å². The zero-order valence-corrected chi connectivity index (χ0v) is 22.6. The number of H-pyrrole nitrogens is 1.